The quantitative estimate of drug-likeness (QED) is 0.739. The van der Waals surface area contributed by atoms with E-state index in [9.17, 15) is 4.79 Å². The number of rotatable bonds is 4. The van der Waals surface area contributed by atoms with Gasteiger partial charge < -0.3 is 16.0 Å². The van der Waals surface area contributed by atoms with Gasteiger partial charge in [-0.25, -0.2) is 0 Å². The number of carbonyl (C=O) groups excluding carboxylic acids is 1. The Bertz CT molecular complexity index is 586. The second-order valence-corrected chi connectivity index (χ2v) is 5.50. The molecule has 0 aliphatic rings. The number of hydrogen-bond donors (Lipinski definition) is 3. The van der Waals surface area contributed by atoms with Crippen LogP contribution in [0.1, 0.15) is 37.7 Å². The number of amides is 1. The van der Waals surface area contributed by atoms with Crippen LogP contribution in [0.3, 0.4) is 0 Å². The largest absolute Gasteiger partial charge is 0.397 e. The molecule has 4 N–H and O–H groups in total. The molecule has 0 fully saturated rings. The van der Waals surface area contributed by atoms with Gasteiger partial charge in [-0.1, -0.05) is 26.0 Å². The monoisotopic (exact) mass is 259 g/mol. The van der Waals surface area contributed by atoms with Crippen molar-refractivity contribution in [3.05, 3.63) is 30.0 Å². The Morgan fingerprint density at radius 3 is 2.74 bits per heavy atom. The summed E-state index contributed by atoms with van der Waals surface area (Å²) >= 11 is 0. The lowest BCUT2D eigenvalue weighted by atomic mass is 10.1. The number of aromatic amines is 1. The highest BCUT2D eigenvalue weighted by Crippen LogP contribution is 2.21. The molecule has 0 aliphatic heterocycles. The molecule has 2 aromatic rings. The van der Waals surface area contributed by atoms with E-state index in [0.717, 1.165) is 17.3 Å². The standard InChI is InChI=1S/C15H21N3O/c1-9(2)7-10(3)17-15(19)13-8-11-5-4-6-12(16)14(11)18-13/h4-6,8-10,18H,7,16H2,1-3H3,(H,17,19). The summed E-state index contributed by atoms with van der Waals surface area (Å²) in [6.07, 6.45) is 0.966. The molecule has 1 heterocycles. The van der Waals surface area contributed by atoms with Crippen LogP contribution < -0.4 is 11.1 Å². The third-order valence-electron chi connectivity index (χ3n) is 3.14. The predicted molar refractivity (Wildman–Crippen MR) is 79.1 cm³/mol. The van der Waals surface area contributed by atoms with Gasteiger partial charge in [-0.3, -0.25) is 4.79 Å². The van der Waals surface area contributed by atoms with E-state index in [-0.39, 0.29) is 11.9 Å². The number of anilines is 1. The van der Waals surface area contributed by atoms with Gasteiger partial charge in [-0.15, -0.1) is 0 Å². The molecule has 102 valence electrons. The number of nitrogens with two attached hydrogens (primary N) is 1. The van der Waals surface area contributed by atoms with Gasteiger partial charge in [0.05, 0.1) is 11.2 Å². The summed E-state index contributed by atoms with van der Waals surface area (Å²) in [5.41, 5.74) is 7.92. The molecule has 1 unspecified atom stereocenters. The predicted octanol–water partition coefficient (Wildman–Crippen LogP) is 2.91. The van der Waals surface area contributed by atoms with Crippen LogP contribution in [0.5, 0.6) is 0 Å². The fourth-order valence-electron chi connectivity index (χ4n) is 2.37. The van der Waals surface area contributed by atoms with E-state index in [1.54, 1.807) is 0 Å². The van der Waals surface area contributed by atoms with E-state index in [4.69, 9.17) is 5.73 Å². The Labute approximate surface area is 113 Å². The van der Waals surface area contributed by atoms with E-state index >= 15 is 0 Å². The summed E-state index contributed by atoms with van der Waals surface area (Å²) in [4.78, 5) is 15.2. The number of para-hydroxylation sites is 1. The normalized spacial score (nSPS) is 12.8. The second kappa shape index (κ2) is 5.34. The number of aromatic nitrogens is 1. The summed E-state index contributed by atoms with van der Waals surface area (Å²) in [5.74, 6) is 0.484. The van der Waals surface area contributed by atoms with Crippen molar-refractivity contribution in [1.82, 2.24) is 10.3 Å². The van der Waals surface area contributed by atoms with E-state index < -0.39 is 0 Å². The van der Waals surface area contributed by atoms with Crippen molar-refractivity contribution >= 4 is 22.5 Å². The lowest BCUT2D eigenvalue weighted by Crippen LogP contribution is -2.33. The van der Waals surface area contributed by atoms with Gasteiger partial charge in [0.2, 0.25) is 0 Å². The van der Waals surface area contributed by atoms with Crippen LogP contribution in [0.4, 0.5) is 5.69 Å². The average Bonchev–Trinajstić information content (AvgIpc) is 2.73. The summed E-state index contributed by atoms with van der Waals surface area (Å²) in [7, 11) is 0. The van der Waals surface area contributed by atoms with E-state index in [2.05, 4.69) is 24.1 Å². The minimum Gasteiger partial charge on any atom is -0.397 e. The third kappa shape index (κ3) is 3.08. The molecular formula is C15H21N3O. The van der Waals surface area contributed by atoms with Crippen LogP contribution in [-0.2, 0) is 0 Å². The average molecular weight is 259 g/mol. The molecule has 0 saturated carbocycles. The van der Waals surface area contributed by atoms with E-state index in [0.29, 0.717) is 17.3 Å². The van der Waals surface area contributed by atoms with Crippen LogP contribution in [0.25, 0.3) is 10.9 Å². The maximum absolute atomic E-state index is 12.1. The van der Waals surface area contributed by atoms with Gasteiger partial charge in [-0.05, 0) is 31.4 Å². The topological polar surface area (TPSA) is 70.9 Å². The summed E-state index contributed by atoms with van der Waals surface area (Å²) < 4.78 is 0. The Kier molecular flexibility index (Phi) is 3.79. The fraction of sp³-hybridized carbons (Fsp3) is 0.400. The molecule has 4 nitrogen and oxygen atoms in total. The Hall–Kier alpha value is -1.97. The molecule has 0 aliphatic carbocycles. The van der Waals surface area contributed by atoms with Crippen molar-refractivity contribution in [3.8, 4) is 0 Å². The van der Waals surface area contributed by atoms with Crippen LogP contribution in [0, 0.1) is 5.92 Å². The second-order valence-electron chi connectivity index (χ2n) is 5.50. The van der Waals surface area contributed by atoms with E-state index in [1.165, 1.54) is 0 Å². The third-order valence-corrected chi connectivity index (χ3v) is 3.14. The van der Waals surface area contributed by atoms with Crippen molar-refractivity contribution in [3.63, 3.8) is 0 Å². The summed E-state index contributed by atoms with van der Waals surface area (Å²) in [6, 6.07) is 7.65. The lowest BCUT2D eigenvalue weighted by Gasteiger charge is -2.15. The molecule has 4 heteroatoms. The first-order valence-electron chi connectivity index (χ1n) is 6.65. The maximum atomic E-state index is 12.1. The van der Waals surface area contributed by atoms with Crippen molar-refractivity contribution in [2.75, 3.05) is 5.73 Å². The molecule has 1 aromatic carbocycles. The van der Waals surface area contributed by atoms with Crippen molar-refractivity contribution in [1.29, 1.82) is 0 Å². The molecule has 1 aromatic heterocycles. The molecule has 1 amide bonds. The molecule has 2 rings (SSSR count). The summed E-state index contributed by atoms with van der Waals surface area (Å²) in [6.45, 7) is 6.31. The molecule has 0 radical (unpaired) electrons. The minimum atomic E-state index is -0.0799. The van der Waals surface area contributed by atoms with Gasteiger partial charge in [-0.2, -0.15) is 0 Å². The highest BCUT2D eigenvalue weighted by atomic mass is 16.1. The fourth-order valence-corrected chi connectivity index (χ4v) is 2.37. The zero-order valence-electron chi connectivity index (χ0n) is 11.7. The number of nitrogen functional groups attached to an aromatic ring is 1. The number of benzene rings is 1. The molecular weight excluding hydrogens is 238 g/mol. The Morgan fingerprint density at radius 2 is 2.11 bits per heavy atom. The van der Waals surface area contributed by atoms with Crippen LogP contribution in [0.15, 0.2) is 24.3 Å². The SMILES string of the molecule is CC(C)CC(C)NC(=O)c1cc2cccc(N)c2[nH]1. The lowest BCUT2D eigenvalue weighted by molar-refractivity contribution is 0.0932. The highest BCUT2D eigenvalue weighted by molar-refractivity contribution is 6.00. The van der Waals surface area contributed by atoms with Crippen LogP contribution >= 0.6 is 0 Å². The molecule has 0 saturated heterocycles. The maximum Gasteiger partial charge on any atom is 0.267 e. The van der Waals surface area contributed by atoms with Crippen molar-refractivity contribution in [2.24, 2.45) is 5.92 Å². The molecule has 0 bridgehead atoms. The summed E-state index contributed by atoms with van der Waals surface area (Å²) in [5, 5.41) is 3.96. The van der Waals surface area contributed by atoms with Gasteiger partial charge in [0.1, 0.15) is 5.69 Å². The number of fused-ring (bicyclic) bond motifs is 1. The van der Waals surface area contributed by atoms with Gasteiger partial charge in [0, 0.05) is 11.4 Å². The smallest absolute Gasteiger partial charge is 0.267 e. The first-order chi connectivity index (χ1) is 8.97. The zero-order valence-corrected chi connectivity index (χ0v) is 11.7. The van der Waals surface area contributed by atoms with Gasteiger partial charge >= 0.3 is 0 Å². The molecule has 0 spiro atoms. The van der Waals surface area contributed by atoms with Crippen molar-refractivity contribution in [2.45, 2.75) is 33.2 Å². The number of H-pyrrole nitrogens is 1. The Balaban J connectivity index is 2.15. The van der Waals surface area contributed by atoms with Crippen LogP contribution in [0.2, 0.25) is 0 Å². The number of carbonyl (C=O) groups is 1. The highest BCUT2D eigenvalue weighted by Gasteiger charge is 2.13. The van der Waals surface area contributed by atoms with Crippen molar-refractivity contribution < 1.29 is 4.79 Å². The first kappa shape index (κ1) is 13.5. The molecule has 19 heavy (non-hydrogen) atoms. The van der Waals surface area contributed by atoms with Gasteiger partial charge in [0.25, 0.3) is 5.91 Å². The number of hydrogen-bond acceptors (Lipinski definition) is 2. The minimum absolute atomic E-state index is 0.0799. The number of nitrogens with one attached hydrogen (secondary N) is 2. The molecule has 1 atom stereocenters. The van der Waals surface area contributed by atoms with Crippen LogP contribution in [-0.4, -0.2) is 16.9 Å². The van der Waals surface area contributed by atoms with E-state index in [1.807, 2.05) is 31.2 Å². The Morgan fingerprint density at radius 1 is 1.37 bits per heavy atom. The van der Waals surface area contributed by atoms with Gasteiger partial charge in [0.15, 0.2) is 0 Å². The first-order valence-corrected chi connectivity index (χ1v) is 6.65. The zero-order chi connectivity index (χ0) is 14.0.